The number of nitrogens with one attached hydrogen (secondary N) is 2. The molecule has 3 aliphatic rings. The standard InChI is InChI=1S/C14H22N2O2/c1-3-15-13(17)11-9-5-7-10(8-6-9)12(11)14(18)16-4-2/h5,7,9-12H,3-4,6,8H2,1-2H3,(H,15,17)(H,16,18)/t9-,10-,11-,12+/m0/s1. The lowest BCUT2D eigenvalue weighted by atomic mass is 9.61. The average Bonchev–Trinajstić information content (AvgIpc) is 2.39. The van der Waals surface area contributed by atoms with Gasteiger partial charge in [0.25, 0.3) is 0 Å². The first kappa shape index (κ1) is 13.1. The van der Waals surface area contributed by atoms with Gasteiger partial charge in [-0.05, 0) is 38.5 Å². The molecule has 0 unspecified atom stereocenters. The summed E-state index contributed by atoms with van der Waals surface area (Å²) >= 11 is 0. The number of carbonyl (C=O) groups excluding carboxylic acids is 2. The van der Waals surface area contributed by atoms with Gasteiger partial charge in [0.15, 0.2) is 0 Å². The SMILES string of the molecule is CCNC(=O)[C@@H]1[C@H](C(=O)NCC)[C@H]2C=C[C@H]1CC2. The fourth-order valence-corrected chi connectivity index (χ4v) is 3.29. The van der Waals surface area contributed by atoms with Gasteiger partial charge < -0.3 is 10.6 Å². The highest BCUT2D eigenvalue weighted by Gasteiger charge is 2.47. The van der Waals surface area contributed by atoms with E-state index < -0.39 is 0 Å². The van der Waals surface area contributed by atoms with Crippen LogP contribution in [0.5, 0.6) is 0 Å². The van der Waals surface area contributed by atoms with Crippen LogP contribution in [-0.2, 0) is 9.59 Å². The second-order valence-electron chi connectivity index (χ2n) is 5.13. The van der Waals surface area contributed by atoms with Crippen molar-refractivity contribution < 1.29 is 9.59 Å². The fraction of sp³-hybridized carbons (Fsp3) is 0.714. The molecule has 4 heteroatoms. The molecule has 0 saturated heterocycles. The monoisotopic (exact) mass is 250 g/mol. The van der Waals surface area contributed by atoms with Gasteiger partial charge in [-0.15, -0.1) is 0 Å². The molecule has 0 aliphatic heterocycles. The summed E-state index contributed by atoms with van der Waals surface area (Å²) in [7, 11) is 0. The van der Waals surface area contributed by atoms with Gasteiger partial charge in [0.1, 0.15) is 0 Å². The first-order chi connectivity index (χ1) is 8.69. The number of hydrogen-bond donors (Lipinski definition) is 2. The number of allylic oxidation sites excluding steroid dienone is 2. The second kappa shape index (κ2) is 5.55. The van der Waals surface area contributed by atoms with Gasteiger partial charge >= 0.3 is 0 Å². The van der Waals surface area contributed by atoms with Gasteiger partial charge in [-0.25, -0.2) is 0 Å². The molecular formula is C14H22N2O2. The van der Waals surface area contributed by atoms with Crippen LogP contribution in [0.3, 0.4) is 0 Å². The highest BCUT2D eigenvalue weighted by molar-refractivity contribution is 5.89. The molecule has 0 radical (unpaired) electrons. The Hall–Kier alpha value is -1.32. The van der Waals surface area contributed by atoms with Gasteiger partial charge in [0.2, 0.25) is 11.8 Å². The maximum absolute atomic E-state index is 12.2. The normalized spacial score (nSPS) is 33.2. The molecular weight excluding hydrogens is 228 g/mol. The Balaban J connectivity index is 2.20. The lowest BCUT2D eigenvalue weighted by molar-refractivity contribution is -0.140. The van der Waals surface area contributed by atoms with Crippen LogP contribution in [0.2, 0.25) is 0 Å². The average molecular weight is 250 g/mol. The molecule has 100 valence electrons. The van der Waals surface area contributed by atoms with Crippen molar-refractivity contribution in [2.45, 2.75) is 26.7 Å². The summed E-state index contributed by atoms with van der Waals surface area (Å²) in [6, 6.07) is 0. The highest BCUT2D eigenvalue weighted by atomic mass is 16.2. The van der Waals surface area contributed by atoms with Gasteiger partial charge in [-0.2, -0.15) is 0 Å². The molecule has 0 spiro atoms. The lowest BCUT2D eigenvalue weighted by Crippen LogP contribution is -2.51. The van der Waals surface area contributed by atoms with Crippen LogP contribution in [-0.4, -0.2) is 24.9 Å². The Morgan fingerprint density at radius 1 is 0.944 bits per heavy atom. The number of carbonyl (C=O) groups is 2. The van der Waals surface area contributed by atoms with Crippen molar-refractivity contribution >= 4 is 11.8 Å². The predicted molar refractivity (Wildman–Crippen MR) is 69.7 cm³/mol. The Morgan fingerprint density at radius 2 is 1.33 bits per heavy atom. The van der Waals surface area contributed by atoms with Gasteiger partial charge in [0.05, 0.1) is 11.8 Å². The van der Waals surface area contributed by atoms with Crippen molar-refractivity contribution in [3.05, 3.63) is 12.2 Å². The molecule has 2 bridgehead atoms. The van der Waals surface area contributed by atoms with Crippen molar-refractivity contribution in [2.24, 2.45) is 23.7 Å². The van der Waals surface area contributed by atoms with Crippen molar-refractivity contribution in [2.75, 3.05) is 13.1 Å². The zero-order valence-electron chi connectivity index (χ0n) is 11.1. The van der Waals surface area contributed by atoms with Crippen LogP contribution in [0.15, 0.2) is 12.2 Å². The van der Waals surface area contributed by atoms with Crippen LogP contribution in [0, 0.1) is 23.7 Å². The summed E-state index contributed by atoms with van der Waals surface area (Å²) in [5.41, 5.74) is 0. The van der Waals surface area contributed by atoms with E-state index in [1.807, 2.05) is 13.8 Å². The Kier molecular flexibility index (Phi) is 4.04. The maximum atomic E-state index is 12.2. The summed E-state index contributed by atoms with van der Waals surface area (Å²) in [6.45, 7) is 5.07. The van der Waals surface area contributed by atoms with E-state index in [-0.39, 0.29) is 35.5 Å². The molecule has 0 aromatic rings. The van der Waals surface area contributed by atoms with E-state index in [0.29, 0.717) is 13.1 Å². The molecule has 1 fully saturated rings. The van der Waals surface area contributed by atoms with Crippen molar-refractivity contribution in [3.8, 4) is 0 Å². The third-order valence-electron chi connectivity index (χ3n) is 4.06. The number of hydrogen-bond acceptors (Lipinski definition) is 2. The smallest absolute Gasteiger partial charge is 0.224 e. The quantitative estimate of drug-likeness (QED) is 0.734. The van der Waals surface area contributed by atoms with Crippen LogP contribution in [0.1, 0.15) is 26.7 Å². The van der Waals surface area contributed by atoms with E-state index in [9.17, 15) is 9.59 Å². The molecule has 0 heterocycles. The highest BCUT2D eigenvalue weighted by Crippen LogP contribution is 2.44. The Labute approximate surface area is 108 Å². The minimum atomic E-state index is -0.180. The fourth-order valence-electron chi connectivity index (χ4n) is 3.29. The lowest BCUT2D eigenvalue weighted by Gasteiger charge is -2.43. The van der Waals surface area contributed by atoms with E-state index in [1.165, 1.54) is 0 Å². The van der Waals surface area contributed by atoms with Crippen molar-refractivity contribution in [1.82, 2.24) is 10.6 Å². The van der Waals surface area contributed by atoms with Gasteiger partial charge in [0, 0.05) is 13.1 Å². The van der Waals surface area contributed by atoms with Crippen LogP contribution in [0.25, 0.3) is 0 Å². The topological polar surface area (TPSA) is 58.2 Å². The van der Waals surface area contributed by atoms with Crippen molar-refractivity contribution in [3.63, 3.8) is 0 Å². The molecule has 3 rings (SSSR count). The van der Waals surface area contributed by atoms with Crippen LogP contribution < -0.4 is 10.6 Å². The van der Waals surface area contributed by atoms with Crippen molar-refractivity contribution in [1.29, 1.82) is 0 Å². The number of fused-ring (bicyclic) bond motifs is 2. The molecule has 18 heavy (non-hydrogen) atoms. The van der Waals surface area contributed by atoms with E-state index in [4.69, 9.17) is 0 Å². The molecule has 2 N–H and O–H groups in total. The molecule has 0 aromatic carbocycles. The van der Waals surface area contributed by atoms with Crippen LogP contribution in [0.4, 0.5) is 0 Å². The number of amides is 2. The zero-order chi connectivity index (χ0) is 13.1. The summed E-state index contributed by atoms with van der Waals surface area (Å²) < 4.78 is 0. The van der Waals surface area contributed by atoms with E-state index in [1.54, 1.807) is 0 Å². The molecule has 0 aromatic heterocycles. The maximum Gasteiger partial charge on any atom is 0.224 e. The van der Waals surface area contributed by atoms with E-state index in [0.717, 1.165) is 12.8 Å². The summed E-state index contributed by atoms with van der Waals surface area (Å²) in [6.07, 6.45) is 6.31. The minimum Gasteiger partial charge on any atom is -0.356 e. The molecule has 3 aliphatic carbocycles. The van der Waals surface area contributed by atoms with Gasteiger partial charge in [-0.1, -0.05) is 12.2 Å². The summed E-state index contributed by atoms with van der Waals surface area (Å²) in [5.74, 6) is 0.171. The Morgan fingerprint density at radius 3 is 1.61 bits per heavy atom. The predicted octanol–water partition coefficient (Wildman–Crippen LogP) is 1.09. The third-order valence-corrected chi connectivity index (χ3v) is 4.06. The third kappa shape index (κ3) is 2.28. The molecule has 4 atom stereocenters. The Bertz CT molecular complexity index is 331. The minimum absolute atomic E-state index is 0.0350. The van der Waals surface area contributed by atoms with E-state index >= 15 is 0 Å². The first-order valence-electron chi connectivity index (χ1n) is 6.92. The van der Waals surface area contributed by atoms with Crippen LogP contribution >= 0.6 is 0 Å². The molecule has 4 nitrogen and oxygen atoms in total. The second-order valence-corrected chi connectivity index (χ2v) is 5.13. The largest absolute Gasteiger partial charge is 0.356 e. The summed E-state index contributed by atoms with van der Waals surface area (Å²) in [4.78, 5) is 24.4. The first-order valence-corrected chi connectivity index (χ1v) is 6.92. The number of rotatable bonds is 4. The zero-order valence-corrected chi connectivity index (χ0v) is 11.1. The van der Waals surface area contributed by atoms with E-state index in [2.05, 4.69) is 22.8 Å². The summed E-state index contributed by atoms with van der Waals surface area (Å²) in [5, 5.41) is 5.75. The molecule has 2 amide bonds. The van der Waals surface area contributed by atoms with Gasteiger partial charge in [-0.3, -0.25) is 9.59 Å². The molecule has 1 saturated carbocycles.